The Labute approximate surface area is 170 Å². The SMILES string of the molecule is COC(=O)[C@@H]1C[C@@H](N)[C@H](c2ccccc2)N1C(=O)c1ccc(OCCCN)cc1. The molecule has 3 rings (SSSR count). The Hall–Kier alpha value is -2.90. The molecule has 0 aromatic heterocycles. The fourth-order valence-corrected chi connectivity index (χ4v) is 3.69. The number of hydrogen-bond donors (Lipinski definition) is 2. The van der Waals surface area contributed by atoms with Crippen molar-refractivity contribution < 1.29 is 19.1 Å². The maximum atomic E-state index is 13.4. The first-order valence-corrected chi connectivity index (χ1v) is 9.70. The van der Waals surface area contributed by atoms with Crippen LogP contribution in [0.5, 0.6) is 5.75 Å². The van der Waals surface area contributed by atoms with E-state index in [1.807, 2.05) is 30.3 Å². The molecule has 1 saturated heterocycles. The lowest BCUT2D eigenvalue weighted by Crippen LogP contribution is -2.43. The van der Waals surface area contributed by atoms with E-state index in [0.29, 0.717) is 30.9 Å². The first kappa shape index (κ1) is 20.8. The first-order valence-electron chi connectivity index (χ1n) is 9.70. The number of rotatable bonds is 7. The van der Waals surface area contributed by atoms with E-state index in [1.54, 1.807) is 29.2 Å². The lowest BCUT2D eigenvalue weighted by atomic mass is 10.0. The summed E-state index contributed by atoms with van der Waals surface area (Å²) in [5.41, 5.74) is 13.2. The van der Waals surface area contributed by atoms with Gasteiger partial charge < -0.3 is 25.8 Å². The van der Waals surface area contributed by atoms with Crippen molar-refractivity contribution in [3.8, 4) is 5.75 Å². The predicted octanol–water partition coefficient (Wildman–Crippen LogP) is 1.87. The third kappa shape index (κ3) is 4.58. The van der Waals surface area contributed by atoms with Crippen LogP contribution in [0.15, 0.2) is 54.6 Å². The number of likely N-dealkylation sites (tertiary alicyclic amines) is 1. The topological polar surface area (TPSA) is 108 Å². The van der Waals surface area contributed by atoms with Crippen molar-refractivity contribution in [1.82, 2.24) is 4.90 Å². The summed E-state index contributed by atoms with van der Waals surface area (Å²) >= 11 is 0. The third-order valence-corrected chi connectivity index (χ3v) is 5.10. The van der Waals surface area contributed by atoms with Gasteiger partial charge in [-0.3, -0.25) is 4.79 Å². The Morgan fingerprint density at radius 1 is 1.10 bits per heavy atom. The van der Waals surface area contributed by atoms with Gasteiger partial charge in [-0.1, -0.05) is 30.3 Å². The molecule has 2 aromatic rings. The molecular formula is C22H27N3O4. The molecule has 1 fully saturated rings. The summed E-state index contributed by atoms with van der Waals surface area (Å²) in [6.07, 6.45) is 1.10. The molecule has 0 bridgehead atoms. The Kier molecular flexibility index (Phi) is 6.85. The molecular weight excluding hydrogens is 370 g/mol. The van der Waals surface area contributed by atoms with Crippen LogP contribution in [0.4, 0.5) is 0 Å². The van der Waals surface area contributed by atoms with Gasteiger partial charge in [0.05, 0.1) is 19.8 Å². The van der Waals surface area contributed by atoms with Crippen molar-refractivity contribution in [1.29, 1.82) is 0 Å². The van der Waals surface area contributed by atoms with Gasteiger partial charge >= 0.3 is 5.97 Å². The van der Waals surface area contributed by atoms with Gasteiger partial charge in [-0.2, -0.15) is 0 Å². The largest absolute Gasteiger partial charge is 0.494 e. The van der Waals surface area contributed by atoms with Crippen LogP contribution in [0.1, 0.15) is 34.8 Å². The Balaban J connectivity index is 1.88. The van der Waals surface area contributed by atoms with E-state index in [4.69, 9.17) is 20.9 Å². The smallest absolute Gasteiger partial charge is 0.328 e. The highest BCUT2D eigenvalue weighted by molar-refractivity contribution is 5.97. The van der Waals surface area contributed by atoms with Crippen molar-refractivity contribution in [2.75, 3.05) is 20.3 Å². The summed E-state index contributed by atoms with van der Waals surface area (Å²) in [5.74, 6) is -0.0677. The number of carbonyl (C=O) groups is 2. The minimum atomic E-state index is -0.729. The second-order valence-corrected chi connectivity index (χ2v) is 7.02. The average Bonchev–Trinajstić information content (AvgIpc) is 3.11. The summed E-state index contributed by atoms with van der Waals surface area (Å²) in [5, 5.41) is 0. The van der Waals surface area contributed by atoms with Gasteiger partial charge in [-0.25, -0.2) is 4.79 Å². The van der Waals surface area contributed by atoms with Gasteiger partial charge in [0, 0.05) is 11.6 Å². The number of nitrogens with two attached hydrogens (primary N) is 2. The first-order chi connectivity index (χ1) is 14.1. The second-order valence-electron chi connectivity index (χ2n) is 7.02. The monoisotopic (exact) mass is 397 g/mol. The number of amides is 1. The maximum Gasteiger partial charge on any atom is 0.328 e. The highest BCUT2D eigenvalue weighted by atomic mass is 16.5. The molecule has 0 spiro atoms. The van der Waals surface area contributed by atoms with Crippen molar-refractivity contribution in [2.24, 2.45) is 11.5 Å². The minimum Gasteiger partial charge on any atom is -0.494 e. The van der Waals surface area contributed by atoms with Gasteiger partial charge in [-0.15, -0.1) is 0 Å². The van der Waals surface area contributed by atoms with Crippen molar-refractivity contribution >= 4 is 11.9 Å². The Morgan fingerprint density at radius 2 is 1.79 bits per heavy atom. The van der Waals surface area contributed by atoms with E-state index in [1.165, 1.54) is 7.11 Å². The highest BCUT2D eigenvalue weighted by Crippen LogP contribution is 2.37. The zero-order chi connectivity index (χ0) is 20.8. The lowest BCUT2D eigenvalue weighted by molar-refractivity contribution is -0.145. The number of ether oxygens (including phenoxy) is 2. The van der Waals surface area contributed by atoms with Crippen LogP contribution in [0.3, 0.4) is 0 Å². The molecule has 1 heterocycles. The Bertz CT molecular complexity index is 826. The minimum absolute atomic E-state index is 0.268. The molecule has 1 aliphatic rings. The number of hydrogen-bond acceptors (Lipinski definition) is 6. The van der Waals surface area contributed by atoms with Gasteiger partial charge in [0.1, 0.15) is 11.8 Å². The van der Waals surface area contributed by atoms with Crippen LogP contribution in [0.25, 0.3) is 0 Å². The number of benzene rings is 2. The molecule has 7 nitrogen and oxygen atoms in total. The van der Waals surface area contributed by atoms with E-state index in [0.717, 1.165) is 12.0 Å². The number of nitrogens with zero attached hydrogens (tertiary/aromatic N) is 1. The van der Waals surface area contributed by atoms with Crippen LogP contribution in [-0.2, 0) is 9.53 Å². The summed E-state index contributed by atoms with van der Waals surface area (Å²) in [4.78, 5) is 27.3. The van der Waals surface area contributed by atoms with E-state index >= 15 is 0 Å². The van der Waals surface area contributed by atoms with Gasteiger partial charge in [0.25, 0.3) is 5.91 Å². The standard InChI is InChI=1S/C22H27N3O4/c1-28-22(27)19-14-18(24)20(15-6-3-2-4-7-15)25(19)21(26)16-8-10-17(11-9-16)29-13-5-12-23/h2-4,6-11,18-20H,5,12-14,23-24H2,1H3/t18-,19+,20+/m1/s1. The van der Waals surface area contributed by atoms with Gasteiger partial charge in [-0.05, 0) is 49.2 Å². The molecule has 0 saturated carbocycles. The number of methoxy groups -OCH3 is 1. The molecule has 3 atom stereocenters. The zero-order valence-electron chi connectivity index (χ0n) is 16.5. The summed E-state index contributed by atoms with van der Waals surface area (Å²) < 4.78 is 10.5. The Morgan fingerprint density at radius 3 is 2.41 bits per heavy atom. The van der Waals surface area contributed by atoms with Crippen molar-refractivity contribution in [2.45, 2.75) is 31.0 Å². The normalized spacial score (nSPS) is 21.1. The van der Waals surface area contributed by atoms with Crippen LogP contribution < -0.4 is 16.2 Å². The predicted molar refractivity (Wildman–Crippen MR) is 109 cm³/mol. The molecule has 29 heavy (non-hydrogen) atoms. The quantitative estimate of drug-likeness (QED) is 0.545. The van der Waals surface area contributed by atoms with Crippen LogP contribution in [-0.4, -0.2) is 49.1 Å². The molecule has 0 radical (unpaired) electrons. The van der Waals surface area contributed by atoms with Crippen molar-refractivity contribution in [3.63, 3.8) is 0 Å². The lowest BCUT2D eigenvalue weighted by Gasteiger charge is -2.30. The number of carbonyl (C=O) groups excluding carboxylic acids is 2. The fourth-order valence-electron chi connectivity index (χ4n) is 3.69. The molecule has 1 aliphatic heterocycles. The summed E-state index contributed by atoms with van der Waals surface area (Å²) in [6.45, 7) is 1.08. The molecule has 154 valence electrons. The molecule has 0 unspecified atom stereocenters. The van der Waals surface area contributed by atoms with Crippen LogP contribution in [0, 0.1) is 0 Å². The van der Waals surface area contributed by atoms with Crippen LogP contribution in [0.2, 0.25) is 0 Å². The third-order valence-electron chi connectivity index (χ3n) is 5.10. The maximum absolute atomic E-state index is 13.4. The molecule has 0 aliphatic carbocycles. The summed E-state index contributed by atoms with van der Waals surface area (Å²) in [6, 6.07) is 14.9. The van der Waals surface area contributed by atoms with E-state index in [-0.39, 0.29) is 11.9 Å². The summed E-state index contributed by atoms with van der Waals surface area (Å²) in [7, 11) is 1.32. The fraction of sp³-hybridized carbons (Fsp3) is 0.364. The average molecular weight is 397 g/mol. The number of esters is 1. The second kappa shape index (κ2) is 9.54. The van der Waals surface area contributed by atoms with E-state index in [2.05, 4.69) is 0 Å². The van der Waals surface area contributed by atoms with Gasteiger partial charge in [0.2, 0.25) is 0 Å². The molecule has 7 heteroatoms. The van der Waals surface area contributed by atoms with Crippen molar-refractivity contribution in [3.05, 3.63) is 65.7 Å². The highest BCUT2D eigenvalue weighted by Gasteiger charge is 2.47. The molecule has 4 N–H and O–H groups in total. The van der Waals surface area contributed by atoms with Gasteiger partial charge in [0.15, 0.2) is 0 Å². The zero-order valence-corrected chi connectivity index (χ0v) is 16.5. The van der Waals surface area contributed by atoms with E-state index < -0.39 is 18.1 Å². The van der Waals surface area contributed by atoms with E-state index in [9.17, 15) is 9.59 Å². The molecule has 2 aromatic carbocycles. The van der Waals surface area contributed by atoms with Crippen LogP contribution >= 0.6 is 0 Å². The molecule has 1 amide bonds.